The lowest BCUT2D eigenvalue weighted by atomic mass is 10.3. The molecule has 7 nitrogen and oxygen atoms in total. The van der Waals surface area contributed by atoms with E-state index in [-0.39, 0.29) is 10.6 Å². The number of nitrogens with zero attached hydrogens (tertiary/aromatic N) is 2. The number of anilines is 1. The van der Waals surface area contributed by atoms with Crippen LogP contribution in [0.3, 0.4) is 0 Å². The van der Waals surface area contributed by atoms with Gasteiger partial charge in [-0.1, -0.05) is 25.1 Å². The predicted octanol–water partition coefficient (Wildman–Crippen LogP) is 3.84. The van der Waals surface area contributed by atoms with Crippen molar-refractivity contribution in [2.45, 2.75) is 25.2 Å². The molecule has 0 aliphatic rings. The van der Waals surface area contributed by atoms with Crippen LogP contribution in [0.1, 0.15) is 19.0 Å². The van der Waals surface area contributed by atoms with Gasteiger partial charge in [-0.3, -0.25) is 14.2 Å². The summed E-state index contributed by atoms with van der Waals surface area (Å²) >= 11 is 3.36. The van der Waals surface area contributed by atoms with Crippen molar-refractivity contribution in [3.8, 4) is 11.4 Å². The van der Waals surface area contributed by atoms with E-state index in [4.69, 9.17) is 4.74 Å². The molecule has 0 saturated heterocycles. The summed E-state index contributed by atoms with van der Waals surface area (Å²) in [4.78, 5) is 13.0. The molecule has 0 atom stereocenters. The maximum Gasteiger partial charge on any atom is 0.296 e. The van der Waals surface area contributed by atoms with Gasteiger partial charge in [0.2, 0.25) is 0 Å². The molecule has 0 saturated carbocycles. The van der Waals surface area contributed by atoms with Crippen LogP contribution in [-0.2, 0) is 17.1 Å². The van der Waals surface area contributed by atoms with Crippen molar-refractivity contribution in [2.75, 3.05) is 11.3 Å². The smallest absolute Gasteiger partial charge is 0.296 e. The van der Waals surface area contributed by atoms with Crippen LogP contribution in [-0.4, -0.2) is 24.4 Å². The summed E-state index contributed by atoms with van der Waals surface area (Å²) < 4.78 is 37.7. The molecule has 0 amide bonds. The van der Waals surface area contributed by atoms with E-state index in [0.717, 1.165) is 6.42 Å². The average molecular weight is 480 g/mol. The quantitative estimate of drug-likeness (QED) is 0.557. The molecule has 0 unspecified atom stereocenters. The van der Waals surface area contributed by atoms with Gasteiger partial charge in [-0.15, -0.1) is 0 Å². The van der Waals surface area contributed by atoms with Crippen molar-refractivity contribution < 1.29 is 13.2 Å². The van der Waals surface area contributed by atoms with Crippen molar-refractivity contribution in [3.05, 3.63) is 69.1 Å². The summed E-state index contributed by atoms with van der Waals surface area (Å²) in [7, 11) is -2.28. The van der Waals surface area contributed by atoms with E-state index in [9.17, 15) is 13.2 Å². The summed E-state index contributed by atoms with van der Waals surface area (Å²) in [6.07, 6.45) is 0.796. The second-order valence-corrected chi connectivity index (χ2v) is 9.02. The zero-order valence-electron chi connectivity index (χ0n) is 16.3. The first kappa shape index (κ1) is 21.2. The van der Waals surface area contributed by atoms with Crippen molar-refractivity contribution in [3.63, 3.8) is 0 Å². The zero-order valence-corrected chi connectivity index (χ0v) is 18.7. The molecule has 29 heavy (non-hydrogen) atoms. The Hall–Kier alpha value is -2.52. The van der Waals surface area contributed by atoms with Crippen LogP contribution >= 0.6 is 15.9 Å². The lowest BCUT2D eigenvalue weighted by Gasteiger charge is -2.11. The van der Waals surface area contributed by atoms with Crippen LogP contribution in [0.15, 0.2) is 62.7 Å². The molecule has 0 radical (unpaired) electrons. The zero-order chi connectivity index (χ0) is 21.2. The number of sulfonamides is 1. The summed E-state index contributed by atoms with van der Waals surface area (Å²) in [5.74, 6) is 0.432. The molecule has 2 aromatic carbocycles. The second-order valence-electron chi connectivity index (χ2n) is 6.48. The third-order valence-corrected chi connectivity index (χ3v) is 6.47. The van der Waals surface area contributed by atoms with Gasteiger partial charge in [0.15, 0.2) is 0 Å². The number of benzene rings is 2. The minimum atomic E-state index is -3.99. The molecule has 0 spiro atoms. The van der Waals surface area contributed by atoms with Crippen molar-refractivity contribution in [1.82, 2.24) is 9.36 Å². The van der Waals surface area contributed by atoms with Gasteiger partial charge in [-0.2, -0.15) is 0 Å². The molecule has 154 valence electrons. The minimum absolute atomic E-state index is 0.00954. The molecule has 0 aliphatic carbocycles. The Morgan fingerprint density at radius 1 is 1.14 bits per heavy atom. The van der Waals surface area contributed by atoms with Gasteiger partial charge in [0.1, 0.15) is 11.4 Å². The molecule has 9 heteroatoms. The van der Waals surface area contributed by atoms with Gasteiger partial charge in [-0.05, 0) is 53.5 Å². The average Bonchev–Trinajstić information content (AvgIpc) is 2.91. The van der Waals surface area contributed by atoms with E-state index in [2.05, 4.69) is 20.7 Å². The van der Waals surface area contributed by atoms with E-state index in [1.165, 1.54) is 16.8 Å². The molecular weight excluding hydrogens is 458 g/mol. The highest BCUT2D eigenvalue weighted by Crippen LogP contribution is 2.29. The molecule has 0 bridgehead atoms. The van der Waals surface area contributed by atoms with E-state index in [1.54, 1.807) is 36.9 Å². The molecule has 0 fully saturated rings. The number of halogens is 1. The summed E-state index contributed by atoms with van der Waals surface area (Å²) in [5.41, 5.74) is 0.712. The fourth-order valence-corrected chi connectivity index (χ4v) is 4.34. The van der Waals surface area contributed by atoms with E-state index >= 15 is 0 Å². The van der Waals surface area contributed by atoms with E-state index in [0.29, 0.717) is 28.2 Å². The highest BCUT2D eigenvalue weighted by molar-refractivity contribution is 9.10. The SMILES string of the molecule is CCCOc1cc(S(=O)(=O)Nc2c(C)n(C)n(-c3ccccc3)c2=O)ccc1Br. The predicted molar refractivity (Wildman–Crippen MR) is 116 cm³/mol. The van der Waals surface area contributed by atoms with Crippen molar-refractivity contribution >= 4 is 31.6 Å². The van der Waals surface area contributed by atoms with Gasteiger partial charge in [0.05, 0.1) is 27.4 Å². The Kier molecular flexibility index (Phi) is 6.18. The lowest BCUT2D eigenvalue weighted by Crippen LogP contribution is -2.23. The monoisotopic (exact) mass is 479 g/mol. The number of hydrogen-bond donors (Lipinski definition) is 1. The maximum atomic E-state index is 13.0. The van der Waals surface area contributed by atoms with Crippen LogP contribution < -0.4 is 15.0 Å². The normalized spacial score (nSPS) is 11.4. The van der Waals surface area contributed by atoms with Crippen LogP contribution in [0, 0.1) is 6.92 Å². The Balaban J connectivity index is 2.01. The third-order valence-electron chi connectivity index (χ3n) is 4.47. The van der Waals surface area contributed by atoms with Crippen LogP contribution in [0.5, 0.6) is 5.75 Å². The van der Waals surface area contributed by atoms with Gasteiger partial charge in [0.25, 0.3) is 15.6 Å². The Morgan fingerprint density at radius 3 is 2.48 bits per heavy atom. The first-order valence-electron chi connectivity index (χ1n) is 9.05. The second kappa shape index (κ2) is 8.46. The standard InChI is InChI=1S/C20H22BrN3O4S/c1-4-12-28-18-13-16(10-11-17(18)21)29(26,27)22-19-14(2)23(3)24(20(19)25)15-8-6-5-7-9-15/h5-11,13,22H,4,12H2,1-3H3. The first-order valence-corrected chi connectivity index (χ1v) is 11.3. The summed E-state index contributed by atoms with van der Waals surface area (Å²) in [6.45, 7) is 4.12. The van der Waals surface area contributed by atoms with E-state index in [1.807, 2.05) is 25.1 Å². The molecular formula is C20H22BrN3O4S. The molecule has 1 heterocycles. The fourth-order valence-electron chi connectivity index (χ4n) is 2.85. The Bertz CT molecular complexity index is 1180. The van der Waals surface area contributed by atoms with Gasteiger partial charge in [0, 0.05) is 13.1 Å². The maximum absolute atomic E-state index is 13.0. The Morgan fingerprint density at radius 2 is 1.83 bits per heavy atom. The fraction of sp³-hybridized carbons (Fsp3) is 0.250. The van der Waals surface area contributed by atoms with Gasteiger partial charge >= 0.3 is 0 Å². The van der Waals surface area contributed by atoms with Crippen molar-refractivity contribution in [2.24, 2.45) is 7.05 Å². The topological polar surface area (TPSA) is 82.3 Å². The summed E-state index contributed by atoms with van der Waals surface area (Å²) in [5, 5.41) is 0. The van der Waals surface area contributed by atoms with Crippen molar-refractivity contribution in [1.29, 1.82) is 0 Å². The van der Waals surface area contributed by atoms with Gasteiger partial charge < -0.3 is 4.74 Å². The lowest BCUT2D eigenvalue weighted by molar-refractivity contribution is 0.314. The van der Waals surface area contributed by atoms with Crippen LogP contribution in [0.25, 0.3) is 5.69 Å². The molecule has 3 aromatic rings. The molecule has 1 aromatic heterocycles. The molecule has 3 rings (SSSR count). The number of nitrogens with one attached hydrogen (secondary N) is 1. The molecule has 0 aliphatic heterocycles. The largest absolute Gasteiger partial charge is 0.492 e. The van der Waals surface area contributed by atoms with Crippen LogP contribution in [0.4, 0.5) is 5.69 Å². The number of ether oxygens (including phenoxy) is 1. The number of aromatic nitrogens is 2. The van der Waals surface area contributed by atoms with Crippen LogP contribution in [0.2, 0.25) is 0 Å². The Labute approximate surface area is 178 Å². The summed E-state index contributed by atoms with van der Waals surface area (Å²) in [6, 6.07) is 13.5. The van der Waals surface area contributed by atoms with Gasteiger partial charge in [-0.25, -0.2) is 13.1 Å². The number of para-hydroxylation sites is 1. The van der Waals surface area contributed by atoms with E-state index < -0.39 is 15.6 Å². The third kappa shape index (κ3) is 4.25. The first-order chi connectivity index (χ1) is 13.8. The highest BCUT2D eigenvalue weighted by atomic mass is 79.9. The minimum Gasteiger partial charge on any atom is -0.492 e. The molecule has 1 N–H and O–H groups in total. The number of rotatable bonds is 7. The highest BCUT2D eigenvalue weighted by Gasteiger charge is 2.23. The number of hydrogen-bond acceptors (Lipinski definition) is 4.